The first-order valence-corrected chi connectivity index (χ1v) is 8.34. The monoisotopic (exact) mass is 327 g/mol. The summed E-state index contributed by atoms with van der Waals surface area (Å²) in [4.78, 5) is 5.87. The summed E-state index contributed by atoms with van der Waals surface area (Å²) in [6.45, 7) is 4.42. The zero-order valence-electron chi connectivity index (χ0n) is 9.81. The van der Waals surface area contributed by atoms with Gasteiger partial charge in [-0.3, -0.25) is 0 Å². The first-order valence-electron chi connectivity index (χ1n) is 5.46. The fourth-order valence-corrected chi connectivity index (χ4v) is 3.49. The quantitative estimate of drug-likeness (QED) is 0.565. The van der Waals surface area contributed by atoms with Gasteiger partial charge in [-0.05, 0) is 12.1 Å². The largest absolute Gasteiger partial charge is 0.240 e. The van der Waals surface area contributed by atoms with Crippen molar-refractivity contribution in [1.82, 2.24) is 4.98 Å². The standard InChI is InChI=1S/C13H14BrNS2/c1-9(2)17-11-5-3-10(4-6-11)12-8-16-13(7-14)15-12/h3-6,8-9H,7H2,1-2H3. The zero-order chi connectivity index (χ0) is 12.3. The number of aromatic nitrogens is 1. The molecule has 0 spiro atoms. The van der Waals surface area contributed by atoms with E-state index in [0.29, 0.717) is 5.25 Å². The van der Waals surface area contributed by atoms with E-state index in [2.05, 4.69) is 64.4 Å². The van der Waals surface area contributed by atoms with E-state index in [1.807, 2.05) is 11.8 Å². The molecule has 0 fully saturated rings. The molecular formula is C13H14BrNS2. The molecule has 2 rings (SSSR count). The fraction of sp³-hybridized carbons (Fsp3) is 0.308. The lowest BCUT2D eigenvalue weighted by molar-refractivity contribution is 1.11. The number of rotatable bonds is 4. The maximum atomic E-state index is 4.55. The van der Waals surface area contributed by atoms with Crippen LogP contribution in [0, 0.1) is 0 Å². The van der Waals surface area contributed by atoms with Gasteiger partial charge in [0.1, 0.15) is 5.01 Å². The smallest absolute Gasteiger partial charge is 0.104 e. The second kappa shape index (κ2) is 6.03. The lowest BCUT2D eigenvalue weighted by Gasteiger charge is -2.05. The number of thioether (sulfide) groups is 1. The van der Waals surface area contributed by atoms with Crippen molar-refractivity contribution < 1.29 is 0 Å². The first kappa shape index (κ1) is 13.1. The van der Waals surface area contributed by atoms with Gasteiger partial charge in [0.2, 0.25) is 0 Å². The van der Waals surface area contributed by atoms with Gasteiger partial charge in [-0.15, -0.1) is 23.1 Å². The van der Waals surface area contributed by atoms with Crippen LogP contribution in [0.1, 0.15) is 18.9 Å². The van der Waals surface area contributed by atoms with Gasteiger partial charge in [0.25, 0.3) is 0 Å². The van der Waals surface area contributed by atoms with Crippen LogP contribution >= 0.6 is 39.0 Å². The van der Waals surface area contributed by atoms with Gasteiger partial charge in [-0.1, -0.05) is 41.9 Å². The Hall–Kier alpha value is -0.320. The van der Waals surface area contributed by atoms with Crippen LogP contribution in [-0.4, -0.2) is 10.2 Å². The molecule has 0 amide bonds. The highest BCUT2D eigenvalue weighted by Gasteiger charge is 2.04. The third-order valence-corrected chi connectivity index (χ3v) is 4.95. The Morgan fingerprint density at radius 1 is 1.29 bits per heavy atom. The lowest BCUT2D eigenvalue weighted by Crippen LogP contribution is -1.86. The van der Waals surface area contributed by atoms with Crippen molar-refractivity contribution in [1.29, 1.82) is 0 Å². The summed E-state index contributed by atoms with van der Waals surface area (Å²) in [5.74, 6) is 0. The number of thiazole rings is 1. The number of benzene rings is 1. The molecule has 1 heterocycles. The van der Waals surface area contributed by atoms with Crippen LogP contribution in [0.3, 0.4) is 0 Å². The molecule has 1 aromatic carbocycles. The predicted molar refractivity (Wildman–Crippen MR) is 81.2 cm³/mol. The molecule has 0 radical (unpaired) electrons. The Morgan fingerprint density at radius 2 is 2.00 bits per heavy atom. The molecule has 0 saturated carbocycles. The summed E-state index contributed by atoms with van der Waals surface area (Å²) in [6.07, 6.45) is 0. The van der Waals surface area contributed by atoms with Gasteiger partial charge in [-0.2, -0.15) is 0 Å². The number of hydrogen-bond donors (Lipinski definition) is 0. The molecule has 0 atom stereocenters. The molecule has 0 aliphatic heterocycles. The van der Waals surface area contributed by atoms with Crippen molar-refractivity contribution in [3.8, 4) is 11.3 Å². The summed E-state index contributed by atoms with van der Waals surface area (Å²) >= 11 is 7.01. The van der Waals surface area contributed by atoms with Crippen molar-refractivity contribution in [3.05, 3.63) is 34.7 Å². The topological polar surface area (TPSA) is 12.9 Å². The molecule has 2 aromatic rings. The highest BCUT2D eigenvalue weighted by atomic mass is 79.9. The molecule has 0 N–H and O–H groups in total. The van der Waals surface area contributed by atoms with Crippen LogP contribution in [0.4, 0.5) is 0 Å². The van der Waals surface area contributed by atoms with Crippen LogP contribution in [0.25, 0.3) is 11.3 Å². The Bertz CT molecular complexity index is 476. The van der Waals surface area contributed by atoms with E-state index in [-0.39, 0.29) is 0 Å². The van der Waals surface area contributed by atoms with E-state index in [0.717, 1.165) is 16.0 Å². The molecule has 17 heavy (non-hydrogen) atoms. The van der Waals surface area contributed by atoms with Crippen molar-refractivity contribution in [3.63, 3.8) is 0 Å². The van der Waals surface area contributed by atoms with Crippen LogP contribution in [0.5, 0.6) is 0 Å². The van der Waals surface area contributed by atoms with Crippen LogP contribution in [-0.2, 0) is 5.33 Å². The summed E-state index contributed by atoms with van der Waals surface area (Å²) in [6, 6.07) is 8.65. The van der Waals surface area contributed by atoms with Gasteiger partial charge in [0.15, 0.2) is 0 Å². The number of alkyl halides is 1. The third-order valence-electron chi connectivity index (χ3n) is 2.19. The molecule has 0 aliphatic carbocycles. The fourth-order valence-electron chi connectivity index (χ4n) is 1.48. The van der Waals surface area contributed by atoms with Crippen LogP contribution < -0.4 is 0 Å². The van der Waals surface area contributed by atoms with E-state index in [9.17, 15) is 0 Å². The molecule has 0 saturated heterocycles. The van der Waals surface area contributed by atoms with E-state index in [1.54, 1.807) is 11.3 Å². The molecule has 0 unspecified atom stereocenters. The van der Waals surface area contributed by atoms with Crippen LogP contribution in [0.15, 0.2) is 34.5 Å². The minimum absolute atomic E-state index is 0.625. The Kier molecular flexibility index (Phi) is 4.65. The molecule has 0 bridgehead atoms. The first-order chi connectivity index (χ1) is 8.19. The highest BCUT2D eigenvalue weighted by molar-refractivity contribution is 9.08. The van der Waals surface area contributed by atoms with E-state index in [1.165, 1.54) is 10.5 Å². The minimum atomic E-state index is 0.625. The Morgan fingerprint density at radius 3 is 2.53 bits per heavy atom. The number of halogens is 1. The molecule has 1 nitrogen and oxygen atoms in total. The minimum Gasteiger partial charge on any atom is -0.240 e. The third kappa shape index (κ3) is 3.57. The molecule has 4 heteroatoms. The van der Waals surface area contributed by atoms with Gasteiger partial charge in [-0.25, -0.2) is 4.98 Å². The van der Waals surface area contributed by atoms with E-state index in [4.69, 9.17) is 0 Å². The molecule has 1 aromatic heterocycles. The Balaban J connectivity index is 2.17. The number of hydrogen-bond acceptors (Lipinski definition) is 3. The summed E-state index contributed by atoms with van der Waals surface area (Å²) in [7, 11) is 0. The maximum Gasteiger partial charge on any atom is 0.104 e. The average Bonchev–Trinajstić information content (AvgIpc) is 2.78. The van der Waals surface area contributed by atoms with E-state index >= 15 is 0 Å². The lowest BCUT2D eigenvalue weighted by atomic mass is 10.2. The SMILES string of the molecule is CC(C)Sc1ccc(-c2csc(CBr)n2)cc1. The van der Waals surface area contributed by atoms with Gasteiger partial charge < -0.3 is 0 Å². The zero-order valence-corrected chi connectivity index (χ0v) is 13.0. The van der Waals surface area contributed by atoms with Crippen molar-refractivity contribution in [2.24, 2.45) is 0 Å². The average molecular weight is 328 g/mol. The summed E-state index contributed by atoms with van der Waals surface area (Å²) < 4.78 is 0. The maximum absolute atomic E-state index is 4.55. The summed E-state index contributed by atoms with van der Waals surface area (Å²) in [5, 5.41) is 4.70. The van der Waals surface area contributed by atoms with Gasteiger partial charge in [0.05, 0.1) is 11.0 Å². The molecule has 90 valence electrons. The second-order valence-corrected chi connectivity index (χ2v) is 7.10. The van der Waals surface area contributed by atoms with Gasteiger partial charge >= 0.3 is 0 Å². The van der Waals surface area contributed by atoms with E-state index < -0.39 is 0 Å². The van der Waals surface area contributed by atoms with Crippen molar-refractivity contribution in [2.75, 3.05) is 0 Å². The highest BCUT2D eigenvalue weighted by Crippen LogP contribution is 2.27. The van der Waals surface area contributed by atoms with Crippen molar-refractivity contribution in [2.45, 2.75) is 29.3 Å². The molecular weight excluding hydrogens is 314 g/mol. The predicted octanol–water partition coefficient (Wildman–Crippen LogP) is 5.21. The van der Waals surface area contributed by atoms with Crippen LogP contribution in [0.2, 0.25) is 0 Å². The normalized spacial score (nSPS) is 11.1. The Labute approximate surface area is 119 Å². The second-order valence-electron chi connectivity index (χ2n) is 3.95. The van der Waals surface area contributed by atoms with Gasteiger partial charge in [0, 0.05) is 21.1 Å². The number of nitrogens with zero attached hydrogens (tertiary/aromatic N) is 1. The summed E-state index contributed by atoms with van der Waals surface area (Å²) in [5.41, 5.74) is 2.27. The van der Waals surface area contributed by atoms with Crippen molar-refractivity contribution >= 4 is 39.0 Å². The molecule has 0 aliphatic rings.